The highest BCUT2D eigenvalue weighted by molar-refractivity contribution is 5.80. The summed E-state index contributed by atoms with van der Waals surface area (Å²) >= 11 is 0. The number of amides is 1. The number of ether oxygens (including phenoxy) is 1. The van der Waals surface area contributed by atoms with Crippen LogP contribution in [0.2, 0.25) is 0 Å². The summed E-state index contributed by atoms with van der Waals surface area (Å²) in [4.78, 5) is 20.8. The highest BCUT2D eigenvalue weighted by Gasteiger charge is 2.26. The van der Waals surface area contributed by atoms with E-state index in [1.165, 1.54) is 11.9 Å². The van der Waals surface area contributed by atoms with Crippen molar-refractivity contribution >= 4 is 5.91 Å². The predicted molar refractivity (Wildman–Crippen MR) is 94.5 cm³/mol. The van der Waals surface area contributed by atoms with Crippen molar-refractivity contribution in [2.24, 2.45) is 0 Å². The van der Waals surface area contributed by atoms with Crippen LogP contribution in [0.4, 0.5) is 0 Å². The van der Waals surface area contributed by atoms with Crippen molar-refractivity contribution in [3.05, 3.63) is 42.5 Å². The van der Waals surface area contributed by atoms with Gasteiger partial charge >= 0.3 is 0 Å². The third kappa shape index (κ3) is 4.36. The van der Waals surface area contributed by atoms with E-state index < -0.39 is 0 Å². The fourth-order valence-electron chi connectivity index (χ4n) is 3.07. The van der Waals surface area contributed by atoms with Crippen LogP contribution in [0.5, 0.6) is 5.75 Å². The zero-order valence-electron chi connectivity index (χ0n) is 14.8. The van der Waals surface area contributed by atoms with Crippen LogP contribution in [-0.2, 0) is 11.2 Å². The fourth-order valence-corrected chi connectivity index (χ4v) is 3.07. The number of carbonyl (C=O) groups is 1. The maximum absolute atomic E-state index is 12.5. The molecule has 1 amide bonds. The second-order valence-corrected chi connectivity index (χ2v) is 6.32. The first kappa shape index (κ1) is 17.4. The van der Waals surface area contributed by atoms with Crippen molar-refractivity contribution in [2.45, 2.75) is 19.4 Å². The maximum Gasteiger partial charge on any atom is 0.247 e. The number of hydrogen-bond acceptors (Lipinski definition) is 5. The zero-order chi connectivity index (χ0) is 17.6. The Morgan fingerprint density at radius 3 is 2.52 bits per heavy atom. The van der Waals surface area contributed by atoms with Gasteiger partial charge in [0.1, 0.15) is 24.4 Å². The molecule has 7 nitrogen and oxygen atoms in total. The molecule has 1 aromatic heterocycles. The SMILES string of the molecule is COc1ccc(CCN2CCN(C(=O)C(C)n3cncn3)CC2)cc1. The topological polar surface area (TPSA) is 63.5 Å². The van der Waals surface area contributed by atoms with Gasteiger partial charge in [-0.1, -0.05) is 12.1 Å². The number of rotatable bonds is 6. The molecule has 0 spiro atoms. The minimum absolute atomic E-state index is 0.111. The van der Waals surface area contributed by atoms with Gasteiger partial charge in [-0.05, 0) is 31.0 Å². The first-order valence-electron chi connectivity index (χ1n) is 8.65. The van der Waals surface area contributed by atoms with Crippen molar-refractivity contribution < 1.29 is 9.53 Å². The summed E-state index contributed by atoms with van der Waals surface area (Å²) in [5.74, 6) is 0.998. The third-order valence-electron chi connectivity index (χ3n) is 4.75. The number of methoxy groups -OCH3 is 1. The number of aromatic nitrogens is 3. The first-order valence-corrected chi connectivity index (χ1v) is 8.65. The monoisotopic (exact) mass is 343 g/mol. The van der Waals surface area contributed by atoms with Crippen LogP contribution in [0.3, 0.4) is 0 Å². The standard InChI is InChI=1S/C18H25N5O2/c1-15(23-14-19-13-20-23)18(24)22-11-9-21(10-12-22)8-7-16-3-5-17(25-2)6-4-16/h3-6,13-15H,7-12H2,1-2H3. The van der Waals surface area contributed by atoms with Crippen LogP contribution < -0.4 is 4.74 Å². The Balaban J connectivity index is 1.44. The predicted octanol–water partition coefficient (Wildman–Crippen LogP) is 1.23. The Morgan fingerprint density at radius 2 is 1.92 bits per heavy atom. The molecule has 0 aliphatic carbocycles. The fraction of sp³-hybridized carbons (Fsp3) is 0.500. The van der Waals surface area contributed by atoms with E-state index in [0.717, 1.165) is 44.9 Å². The highest BCUT2D eigenvalue weighted by Crippen LogP contribution is 2.14. The van der Waals surface area contributed by atoms with Crippen molar-refractivity contribution in [1.82, 2.24) is 24.6 Å². The average Bonchev–Trinajstić information content (AvgIpc) is 3.21. The molecule has 0 radical (unpaired) electrons. The van der Waals surface area contributed by atoms with Gasteiger partial charge in [-0.2, -0.15) is 5.10 Å². The maximum atomic E-state index is 12.5. The highest BCUT2D eigenvalue weighted by atomic mass is 16.5. The molecule has 1 unspecified atom stereocenters. The van der Waals surface area contributed by atoms with Gasteiger partial charge in [0.05, 0.1) is 7.11 Å². The van der Waals surface area contributed by atoms with Gasteiger partial charge in [0.15, 0.2) is 0 Å². The van der Waals surface area contributed by atoms with Gasteiger partial charge in [0.25, 0.3) is 0 Å². The lowest BCUT2D eigenvalue weighted by atomic mass is 10.1. The second-order valence-electron chi connectivity index (χ2n) is 6.32. The van der Waals surface area contributed by atoms with Crippen LogP contribution in [0.15, 0.2) is 36.9 Å². The van der Waals surface area contributed by atoms with Gasteiger partial charge in [-0.15, -0.1) is 0 Å². The minimum Gasteiger partial charge on any atom is -0.497 e. The average molecular weight is 343 g/mol. The molecular formula is C18H25N5O2. The molecule has 2 heterocycles. The van der Waals surface area contributed by atoms with Gasteiger partial charge in [-0.3, -0.25) is 9.69 Å². The number of piperazine rings is 1. The zero-order valence-corrected chi connectivity index (χ0v) is 14.8. The molecule has 1 atom stereocenters. The van der Waals surface area contributed by atoms with E-state index >= 15 is 0 Å². The number of hydrogen-bond donors (Lipinski definition) is 0. The molecule has 0 bridgehead atoms. The molecule has 25 heavy (non-hydrogen) atoms. The van der Waals surface area contributed by atoms with E-state index in [4.69, 9.17) is 4.74 Å². The normalized spacial score (nSPS) is 16.6. The summed E-state index contributed by atoms with van der Waals surface area (Å²) in [7, 11) is 1.68. The van der Waals surface area contributed by atoms with E-state index in [1.807, 2.05) is 24.0 Å². The molecule has 0 N–H and O–H groups in total. The van der Waals surface area contributed by atoms with Gasteiger partial charge in [0.2, 0.25) is 5.91 Å². The molecular weight excluding hydrogens is 318 g/mol. The Labute approximate surface area is 148 Å². The van der Waals surface area contributed by atoms with E-state index in [0.29, 0.717) is 0 Å². The summed E-state index contributed by atoms with van der Waals surface area (Å²) in [6, 6.07) is 7.92. The molecule has 1 fully saturated rings. The quantitative estimate of drug-likeness (QED) is 0.789. The third-order valence-corrected chi connectivity index (χ3v) is 4.75. The molecule has 1 aliphatic heterocycles. The van der Waals surface area contributed by atoms with Crippen LogP contribution in [0.25, 0.3) is 0 Å². The summed E-state index contributed by atoms with van der Waals surface area (Å²) in [6.07, 6.45) is 4.06. The van der Waals surface area contributed by atoms with Crippen LogP contribution in [-0.4, -0.2) is 70.3 Å². The Bertz CT molecular complexity index is 663. The van der Waals surface area contributed by atoms with Crippen LogP contribution in [0, 0.1) is 0 Å². The van der Waals surface area contributed by atoms with Gasteiger partial charge < -0.3 is 9.64 Å². The van der Waals surface area contributed by atoms with Crippen molar-refractivity contribution in [2.75, 3.05) is 39.8 Å². The molecule has 3 rings (SSSR count). The molecule has 1 saturated heterocycles. The first-order chi connectivity index (χ1) is 12.2. The molecule has 1 aliphatic rings. The molecule has 1 aromatic carbocycles. The van der Waals surface area contributed by atoms with Crippen LogP contribution >= 0.6 is 0 Å². The minimum atomic E-state index is -0.298. The van der Waals surface area contributed by atoms with E-state index in [2.05, 4.69) is 27.1 Å². The number of carbonyl (C=O) groups excluding carboxylic acids is 1. The summed E-state index contributed by atoms with van der Waals surface area (Å²) < 4.78 is 6.80. The molecule has 7 heteroatoms. The summed E-state index contributed by atoms with van der Waals surface area (Å²) in [5, 5.41) is 4.06. The van der Waals surface area contributed by atoms with Gasteiger partial charge in [0, 0.05) is 32.7 Å². The van der Waals surface area contributed by atoms with Crippen molar-refractivity contribution in [3.8, 4) is 5.75 Å². The molecule has 2 aromatic rings. The van der Waals surface area contributed by atoms with Gasteiger partial charge in [-0.25, -0.2) is 9.67 Å². The second kappa shape index (κ2) is 8.11. The Kier molecular flexibility index (Phi) is 5.65. The van der Waals surface area contributed by atoms with Crippen molar-refractivity contribution in [3.63, 3.8) is 0 Å². The Hall–Kier alpha value is -2.41. The lowest BCUT2D eigenvalue weighted by Crippen LogP contribution is -2.50. The summed E-state index contributed by atoms with van der Waals surface area (Å²) in [5.41, 5.74) is 1.30. The number of benzene rings is 1. The van der Waals surface area contributed by atoms with Crippen LogP contribution in [0.1, 0.15) is 18.5 Å². The van der Waals surface area contributed by atoms with E-state index in [1.54, 1.807) is 18.1 Å². The van der Waals surface area contributed by atoms with E-state index in [9.17, 15) is 4.79 Å². The van der Waals surface area contributed by atoms with Crippen molar-refractivity contribution in [1.29, 1.82) is 0 Å². The molecule has 134 valence electrons. The smallest absolute Gasteiger partial charge is 0.247 e. The largest absolute Gasteiger partial charge is 0.497 e. The lowest BCUT2D eigenvalue weighted by Gasteiger charge is -2.35. The Morgan fingerprint density at radius 1 is 1.20 bits per heavy atom. The lowest BCUT2D eigenvalue weighted by molar-refractivity contribution is -0.136. The van der Waals surface area contributed by atoms with E-state index in [-0.39, 0.29) is 11.9 Å². The number of nitrogens with zero attached hydrogens (tertiary/aromatic N) is 5. The molecule has 0 saturated carbocycles. The summed E-state index contributed by atoms with van der Waals surface area (Å²) in [6.45, 7) is 6.22.